The van der Waals surface area contributed by atoms with E-state index in [-0.39, 0.29) is 23.9 Å². The van der Waals surface area contributed by atoms with Crippen molar-refractivity contribution in [1.29, 1.82) is 0 Å². The van der Waals surface area contributed by atoms with Crippen molar-refractivity contribution in [2.24, 2.45) is 5.73 Å². The lowest BCUT2D eigenvalue weighted by Gasteiger charge is -2.33. The molecule has 47 heavy (non-hydrogen) atoms. The van der Waals surface area contributed by atoms with E-state index >= 15 is 0 Å². The molecule has 1 aliphatic rings. The van der Waals surface area contributed by atoms with Gasteiger partial charge in [0.25, 0.3) is 0 Å². The molecule has 0 amide bonds. The Morgan fingerprint density at radius 3 is 2.11 bits per heavy atom. The van der Waals surface area contributed by atoms with Crippen molar-refractivity contribution >= 4 is 22.4 Å². The molecule has 1 fully saturated rings. The van der Waals surface area contributed by atoms with Crippen molar-refractivity contribution in [3.8, 4) is 22.6 Å². The van der Waals surface area contributed by atoms with Gasteiger partial charge in [0.05, 0.1) is 26.3 Å². The number of halogens is 4. The molecule has 0 aliphatic carbocycles. The maximum atomic E-state index is 13.0. The van der Waals surface area contributed by atoms with Gasteiger partial charge < -0.3 is 20.3 Å². The Kier molecular flexibility index (Phi) is 11.5. The normalized spacial score (nSPS) is 13.9. The third-order valence-electron chi connectivity index (χ3n) is 8.42. The zero-order chi connectivity index (χ0) is 34.3. The molecule has 0 saturated carbocycles. The van der Waals surface area contributed by atoms with Crippen LogP contribution in [0, 0.1) is 12.7 Å². The fraction of sp³-hybridized carbons (Fsp3) is 0.324. The largest absolute Gasteiger partial charge is 0.496 e. The maximum Gasteiger partial charge on any atom is 0.401 e. The van der Waals surface area contributed by atoms with Gasteiger partial charge in [0.15, 0.2) is 0 Å². The lowest BCUT2D eigenvalue weighted by Crippen LogP contribution is -2.39. The number of methoxy groups -OCH3 is 2. The molecular formula is C37H40F4N2O4. The Labute approximate surface area is 272 Å². The number of carboxylic acid groups (broad SMARTS) is 1. The quantitative estimate of drug-likeness (QED) is 0.177. The van der Waals surface area contributed by atoms with Crippen LogP contribution < -0.4 is 15.2 Å². The number of hydrogen-bond acceptors (Lipinski definition) is 5. The van der Waals surface area contributed by atoms with Crippen molar-refractivity contribution < 1.29 is 36.9 Å². The number of likely N-dealkylation sites (tertiary alicyclic amines) is 1. The first kappa shape index (κ1) is 35.3. The number of aryl methyl sites for hydroxylation is 2. The average molecular weight is 653 g/mol. The van der Waals surface area contributed by atoms with Crippen LogP contribution in [0.15, 0.2) is 73.3 Å². The summed E-state index contributed by atoms with van der Waals surface area (Å²) in [7, 11) is 3.19. The van der Waals surface area contributed by atoms with Crippen molar-refractivity contribution in [2.75, 3.05) is 33.9 Å². The maximum absolute atomic E-state index is 13.0. The number of nitrogens with two attached hydrogens (primary N) is 1. The molecule has 1 saturated heterocycles. The first-order valence-corrected chi connectivity index (χ1v) is 15.3. The summed E-state index contributed by atoms with van der Waals surface area (Å²) in [6.45, 7) is 5.19. The zero-order valence-corrected chi connectivity index (χ0v) is 26.8. The zero-order valence-electron chi connectivity index (χ0n) is 26.8. The number of nitrogens with zero attached hydrogens (tertiary/aromatic N) is 1. The minimum absolute atomic E-state index is 0.0481. The van der Waals surface area contributed by atoms with Gasteiger partial charge >= 0.3 is 12.1 Å². The lowest BCUT2D eigenvalue weighted by atomic mass is 9.86. The molecule has 0 bridgehead atoms. The molecule has 0 unspecified atom stereocenters. The monoisotopic (exact) mass is 652 g/mol. The summed E-state index contributed by atoms with van der Waals surface area (Å²) in [5, 5.41) is 11.1. The van der Waals surface area contributed by atoms with E-state index in [1.165, 1.54) is 11.0 Å². The fourth-order valence-corrected chi connectivity index (χ4v) is 6.20. The van der Waals surface area contributed by atoms with Crippen molar-refractivity contribution in [2.45, 2.75) is 44.7 Å². The molecule has 0 aromatic heterocycles. The molecule has 0 spiro atoms. The molecule has 10 heteroatoms. The molecule has 4 aromatic rings. The average Bonchev–Trinajstić information content (AvgIpc) is 3.02. The number of benzene rings is 4. The minimum Gasteiger partial charge on any atom is -0.496 e. The van der Waals surface area contributed by atoms with Crippen LogP contribution in [0.4, 0.5) is 17.6 Å². The summed E-state index contributed by atoms with van der Waals surface area (Å²) >= 11 is 0. The van der Waals surface area contributed by atoms with Crippen LogP contribution in [0.25, 0.3) is 27.6 Å². The molecule has 6 nitrogen and oxygen atoms in total. The van der Waals surface area contributed by atoms with Crippen molar-refractivity contribution in [3.05, 3.63) is 101 Å². The molecule has 1 heterocycles. The van der Waals surface area contributed by atoms with E-state index in [0.29, 0.717) is 49.4 Å². The van der Waals surface area contributed by atoms with Crippen LogP contribution >= 0.6 is 0 Å². The number of hydrogen-bond donors (Lipinski definition) is 2. The number of ether oxygens (including phenoxy) is 2. The second kappa shape index (κ2) is 15.3. The lowest BCUT2D eigenvalue weighted by molar-refractivity contribution is -0.148. The van der Waals surface area contributed by atoms with Crippen molar-refractivity contribution in [1.82, 2.24) is 4.90 Å². The van der Waals surface area contributed by atoms with Gasteiger partial charge in [-0.05, 0) is 96.4 Å². The fourth-order valence-electron chi connectivity index (χ4n) is 6.20. The van der Waals surface area contributed by atoms with E-state index in [1.807, 2.05) is 48.5 Å². The Bertz CT molecular complexity index is 1680. The third kappa shape index (κ3) is 8.83. The predicted octanol–water partition coefficient (Wildman–Crippen LogP) is 8.35. The van der Waals surface area contributed by atoms with Crippen LogP contribution in [0.3, 0.4) is 0 Å². The van der Waals surface area contributed by atoms with E-state index in [1.54, 1.807) is 33.3 Å². The first-order chi connectivity index (χ1) is 22.3. The number of piperidine rings is 1. The summed E-state index contributed by atoms with van der Waals surface area (Å²) in [4.78, 5) is 12.6. The topological polar surface area (TPSA) is 85.0 Å². The van der Waals surface area contributed by atoms with Gasteiger partial charge in [-0.25, -0.2) is 4.39 Å². The smallest absolute Gasteiger partial charge is 0.401 e. The van der Waals surface area contributed by atoms with Gasteiger partial charge in [-0.15, -0.1) is 0 Å². The molecule has 5 rings (SSSR count). The highest BCUT2D eigenvalue weighted by atomic mass is 19.4. The summed E-state index contributed by atoms with van der Waals surface area (Å²) in [6.07, 6.45) is -2.46. The minimum atomic E-state index is -4.19. The number of alkyl halides is 3. The standard InChI is InChI=1S/C28H30F3NO4.C9H10FN/c1-35-24-15-20(18-11-13-32(14-12-18)17-28(29,30)31)16-25(36-2)27(24)23-8-4-6-21-19(9-10-26(33)34)5-3-7-22(21)23;1-6-4-3-5-8(10)9(6)7(2)11/h3-8,15-16,18H,9-14,17H2,1-2H3,(H,33,34);3-5H,2,11H2,1H3. The van der Waals surface area contributed by atoms with Crippen LogP contribution in [-0.4, -0.2) is 56.0 Å². The Balaban J connectivity index is 0.000000385. The summed E-state index contributed by atoms with van der Waals surface area (Å²) < 4.78 is 62.9. The Hall–Kier alpha value is -4.57. The van der Waals surface area contributed by atoms with E-state index in [2.05, 4.69) is 6.58 Å². The van der Waals surface area contributed by atoms with Gasteiger partial charge in [0, 0.05) is 17.7 Å². The second-order valence-electron chi connectivity index (χ2n) is 11.6. The van der Waals surface area contributed by atoms with Crippen LogP contribution in [-0.2, 0) is 11.2 Å². The first-order valence-electron chi connectivity index (χ1n) is 15.3. The van der Waals surface area contributed by atoms with E-state index in [4.69, 9.17) is 20.3 Å². The molecule has 3 N–H and O–H groups in total. The van der Waals surface area contributed by atoms with Gasteiger partial charge in [-0.1, -0.05) is 55.1 Å². The highest BCUT2D eigenvalue weighted by Crippen LogP contribution is 2.45. The molecule has 4 aromatic carbocycles. The van der Waals surface area contributed by atoms with Crippen LogP contribution in [0.5, 0.6) is 11.5 Å². The molecule has 1 aliphatic heterocycles. The highest BCUT2D eigenvalue weighted by Gasteiger charge is 2.33. The highest BCUT2D eigenvalue weighted by molar-refractivity contribution is 6.01. The van der Waals surface area contributed by atoms with E-state index in [9.17, 15) is 22.4 Å². The van der Waals surface area contributed by atoms with E-state index in [0.717, 1.165) is 38.6 Å². The summed E-state index contributed by atoms with van der Waals surface area (Å²) in [6, 6.07) is 20.5. The number of rotatable bonds is 9. The number of fused-ring (bicyclic) bond motifs is 1. The number of aliphatic carboxylic acids is 1. The molecule has 0 atom stereocenters. The summed E-state index contributed by atoms with van der Waals surface area (Å²) in [5.41, 5.74) is 10.5. The number of carboxylic acids is 1. The van der Waals surface area contributed by atoms with Gasteiger partial charge in [-0.3, -0.25) is 9.69 Å². The summed E-state index contributed by atoms with van der Waals surface area (Å²) in [5.74, 6) is 0.223. The van der Waals surface area contributed by atoms with Gasteiger partial charge in [0.1, 0.15) is 17.3 Å². The second-order valence-corrected chi connectivity index (χ2v) is 11.6. The molecule has 250 valence electrons. The SMILES string of the molecule is C=C(N)c1c(C)cccc1F.COc1cc(C2CCN(CC(F)(F)F)CC2)cc(OC)c1-c1cccc2c(CCC(=O)O)cccc12. The molecular weight excluding hydrogens is 612 g/mol. The Morgan fingerprint density at radius 1 is 0.979 bits per heavy atom. The van der Waals surface area contributed by atoms with Gasteiger partial charge in [0.2, 0.25) is 0 Å². The van der Waals surface area contributed by atoms with Gasteiger partial charge in [-0.2, -0.15) is 13.2 Å². The predicted molar refractivity (Wildman–Crippen MR) is 177 cm³/mol. The van der Waals surface area contributed by atoms with Crippen LogP contribution in [0.1, 0.15) is 47.4 Å². The van der Waals surface area contributed by atoms with Crippen LogP contribution in [0.2, 0.25) is 0 Å². The van der Waals surface area contributed by atoms with E-state index < -0.39 is 18.7 Å². The molecule has 0 radical (unpaired) electrons. The van der Waals surface area contributed by atoms with Crippen molar-refractivity contribution in [3.63, 3.8) is 0 Å². The third-order valence-corrected chi connectivity index (χ3v) is 8.42. The number of carbonyl (C=O) groups is 1. The Morgan fingerprint density at radius 2 is 1.57 bits per heavy atom.